The van der Waals surface area contributed by atoms with Gasteiger partial charge in [-0.25, -0.2) is 0 Å². The fourth-order valence-corrected chi connectivity index (χ4v) is 3.39. The van der Waals surface area contributed by atoms with E-state index in [4.69, 9.17) is 23.2 Å². The van der Waals surface area contributed by atoms with Crippen molar-refractivity contribution < 1.29 is 4.79 Å². The number of carbonyl (C=O) groups excluding carboxylic acids is 1. The van der Waals surface area contributed by atoms with E-state index in [1.54, 1.807) is 12.1 Å². The van der Waals surface area contributed by atoms with E-state index in [0.717, 1.165) is 25.2 Å². The number of carbonyl (C=O) groups is 1. The van der Waals surface area contributed by atoms with Crippen LogP contribution in [0.15, 0.2) is 18.2 Å². The van der Waals surface area contributed by atoms with Crippen molar-refractivity contribution in [3.63, 3.8) is 0 Å². The van der Waals surface area contributed by atoms with Gasteiger partial charge in [0, 0.05) is 35.7 Å². The molecule has 6 heteroatoms. The molecule has 4 nitrogen and oxygen atoms in total. The van der Waals surface area contributed by atoms with Crippen molar-refractivity contribution in [1.29, 1.82) is 0 Å². The molecule has 0 bridgehead atoms. The number of likely N-dealkylation sites (N-methyl/N-ethyl adjacent to an activating group) is 1. The van der Waals surface area contributed by atoms with Gasteiger partial charge in [-0.3, -0.25) is 9.69 Å². The van der Waals surface area contributed by atoms with Gasteiger partial charge >= 0.3 is 0 Å². The number of hydrogen-bond acceptors (Lipinski definition) is 3. The van der Waals surface area contributed by atoms with Gasteiger partial charge < -0.3 is 10.2 Å². The third-order valence-corrected chi connectivity index (χ3v) is 4.68. The Hall–Kier alpha value is -0.810. The average molecular weight is 344 g/mol. The number of nitrogens with one attached hydrogen (secondary N) is 1. The monoisotopic (exact) mass is 343 g/mol. The van der Waals surface area contributed by atoms with E-state index in [9.17, 15) is 4.79 Å². The first-order valence-electron chi connectivity index (χ1n) is 7.53. The van der Waals surface area contributed by atoms with Crippen molar-refractivity contribution in [2.75, 3.05) is 33.2 Å². The molecule has 1 heterocycles. The summed E-state index contributed by atoms with van der Waals surface area (Å²) in [6.07, 6.45) is 0. The predicted molar refractivity (Wildman–Crippen MR) is 91.6 cm³/mol. The zero-order valence-electron chi connectivity index (χ0n) is 13.3. The van der Waals surface area contributed by atoms with Crippen LogP contribution in [0.3, 0.4) is 0 Å². The summed E-state index contributed by atoms with van der Waals surface area (Å²) in [5.74, 6) is 0.0231. The van der Waals surface area contributed by atoms with Crippen LogP contribution >= 0.6 is 23.2 Å². The Kier molecular flexibility index (Phi) is 6.09. The van der Waals surface area contributed by atoms with Crippen LogP contribution in [-0.2, 0) is 4.79 Å². The van der Waals surface area contributed by atoms with Gasteiger partial charge in [0.15, 0.2) is 0 Å². The highest BCUT2D eigenvalue weighted by Gasteiger charge is 2.24. The third-order valence-electron chi connectivity index (χ3n) is 4.12. The lowest BCUT2D eigenvalue weighted by atomic mass is 10.1. The van der Waals surface area contributed by atoms with Crippen molar-refractivity contribution in [3.05, 3.63) is 33.8 Å². The number of benzene rings is 1. The van der Waals surface area contributed by atoms with E-state index in [0.29, 0.717) is 22.6 Å². The Morgan fingerprint density at radius 2 is 2.14 bits per heavy atom. The minimum atomic E-state index is -0.139. The maximum Gasteiger partial charge on any atom is 0.234 e. The first kappa shape index (κ1) is 17.5. The molecule has 1 N–H and O–H groups in total. The summed E-state index contributed by atoms with van der Waals surface area (Å²) in [5, 5.41) is 4.19. The van der Waals surface area contributed by atoms with Crippen LogP contribution in [0, 0.1) is 0 Å². The lowest BCUT2D eigenvalue weighted by Gasteiger charge is -2.37. The largest absolute Gasteiger partial charge is 0.348 e. The minimum absolute atomic E-state index is 0.0231. The Bertz CT molecular complexity index is 538. The Morgan fingerprint density at radius 1 is 1.41 bits per heavy atom. The summed E-state index contributed by atoms with van der Waals surface area (Å²) in [6.45, 7) is 7.41. The van der Waals surface area contributed by atoms with Gasteiger partial charge in [0.25, 0.3) is 0 Å². The lowest BCUT2D eigenvalue weighted by Crippen LogP contribution is -2.53. The van der Waals surface area contributed by atoms with Crippen molar-refractivity contribution >= 4 is 29.1 Å². The van der Waals surface area contributed by atoms with Crippen LogP contribution in [0.4, 0.5) is 0 Å². The number of nitrogens with zero attached hydrogens (tertiary/aromatic N) is 2. The number of amides is 1. The van der Waals surface area contributed by atoms with Crippen LogP contribution in [0.25, 0.3) is 0 Å². The van der Waals surface area contributed by atoms with Gasteiger partial charge in [-0.05, 0) is 38.6 Å². The molecule has 0 radical (unpaired) electrons. The summed E-state index contributed by atoms with van der Waals surface area (Å²) in [6, 6.07) is 5.59. The number of piperazine rings is 1. The van der Waals surface area contributed by atoms with Gasteiger partial charge in [0.2, 0.25) is 5.91 Å². The molecule has 1 aromatic rings. The molecule has 1 amide bonds. The Morgan fingerprint density at radius 3 is 2.77 bits per heavy atom. The van der Waals surface area contributed by atoms with E-state index in [-0.39, 0.29) is 11.9 Å². The van der Waals surface area contributed by atoms with E-state index in [2.05, 4.69) is 29.1 Å². The van der Waals surface area contributed by atoms with Gasteiger partial charge in [-0.15, -0.1) is 0 Å². The summed E-state index contributed by atoms with van der Waals surface area (Å²) in [7, 11) is 2.11. The first-order valence-corrected chi connectivity index (χ1v) is 8.29. The molecule has 1 aromatic carbocycles. The zero-order chi connectivity index (χ0) is 16.3. The molecular weight excluding hydrogens is 321 g/mol. The van der Waals surface area contributed by atoms with Crippen molar-refractivity contribution in [2.24, 2.45) is 0 Å². The second-order valence-corrected chi connectivity index (χ2v) is 6.88. The van der Waals surface area contributed by atoms with Crippen LogP contribution in [-0.4, -0.2) is 55.0 Å². The molecule has 2 atom stereocenters. The van der Waals surface area contributed by atoms with Crippen LogP contribution in [0.2, 0.25) is 10.0 Å². The summed E-state index contributed by atoms with van der Waals surface area (Å²) >= 11 is 12.1. The SMILES string of the molecule is C[C@@H](NC(=O)CN1CCN(C)C[C@@H]1C)c1ccc(Cl)cc1Cl. The molecule has 0 aliphatic carbocycles. The number of hydrogen-bond donors (Lipinski definition) is 1. The van der Waals surface area contributed by atoms with E-state index >= 15 is 0 Å². The Labute approximate surface area is 142 Å². The number of rotatable bonds is 4. The molecule has 0 aromatic heterocycles. The van der Waals surface area contributed by atoms with Crippen LogP contribution in [0.5, 0.6) is 0 Å². The highest BCUT2D eigenvalue weighted by Crippen LogP contribution is 2.26. The second kappa shape index (κ2) is 7.64. The molecule has 0 spiro atoms. The molecule has 1 aliphatic heterocycles. The number of halogens is 2. The van der Waals surface area contributed by atoms with Crippen LogP contribution in [0.1, 0.15) is 25.5 Å². The fourth-order valence-electron chi connectivity index (χ4n) is 2.81. The molecule has 1 saturated heterocycles. The zero-order valence-corrected chi connectivity index (χ0v) is 14.8. The normalized spacial score (nSPS) is 21.6. The standard InChI is InChI=1S/C16H23Cl2N3O/c1-11-9-20(3)6-7-21(11)10-16(22)19-12(2)14-5-4-13(17)8-15(14)18/h4-5,8,11-12H,6-7,9-10H2,1-3H3,(H,19,22)/t11-,12+/m0/s1. The molecule has 2 rings (SSSR count). The molecule has 0 unspecified atom stereocenters. The maximum absolute atomic E-state index is 12.3. The van der Waals surface area contributed by atoms with Crippen LogP contribution < -0.4 is 5.32 Å². The molecule has 122 valence electrons. The summed E-state index contributed by atoms with van der Waals surface area (Å²) in [5.41, 5.74) is 0.880. The highest BCUT2D eigenvalue weighted by atomic mass is 35.5. The minimum Gasteiger partial charge on any atom is -0.348 e. The quantitative estimate of drug-likeness (QED) is 0.912. The molecular formula is C16H23Cl2N3O. The fraction of sp³-hybridized carbons (Fsp3) is 0.562. The topological polar surface area (TPSA) is 35.6 Å². The molecule has 1 fully saturated rings. The average Bonchev–Trinajstić information content (AvgIpc) is 2.41. The van der Waals surface area contributed by atoms with Crippen molar-refractivity contribution in [3.8, 4) is 0 Å². The van der Waals surface area contributed by atoms with E-state index < -0.39 is 0 Å². The summed E-state index contributed by atoms with van der Waals surface area (Å²) < 4.78 is 0. The van der Waals surface area contributed by atoms with Gasteiger partial charge in [-0.2, -0.15) is 0 Å². The van der Waals surface area contributed by atoms with Crippen molar-refractivity contribution in [2.45, 2.75) is 25.9 Å². The smallest absolute Gasteiger partial charge is 0.234 e. The van der Waals surface area contributed by atoms with Gasteiger partial charge in [0.1, 0.15) is 0 Å². The molecule has 1 aliphatic rings. The van der Waals surface area contributed by atoms with Gasteiger partial charge in [-0.1, -0.05) is 29.3 Å². The van der Waals surface area contributed by atoms with E-state index in [1.807, 2.05) is 13.0 Å². The maximum atomic E-state index is 12.3. The lowest BCUT2D eigenvalue weighted by molar-refractivity contribution is -0.124. The van der Waals surface area contributed by atoms with E-state index in [1.165, 1.54) is 0 Å². The van der Waals surface area contributed by atoms with Gasteiger partial charge in [0.05, 0.1) is 12.6 Å². The highest BCUT2D eigenvalue weighted by molar-refractivity contribution is 6.35. The second-order valence-electron chi connectivity index (χ2n) is 6.04. The predicted octanol–water partition coefficient (Wildman–Crippen LogP) is 2.81. The van der Waals surface area contributed by atoms with Crippen molar-refractivity contribution in [1.82, 2.24) is 15.1 Å². The molecule has 22 heavy (non-hydrogen) atoms. The summed E-state index contributed by atoms with van der Waals surface area (Å²) in [4.78, 5) is 16.8. The molecule has 0 saturated carbocycles. The third kappa shape index (κ3) is 4.59. The Balaban J connectivity index is 1.91. The first-order chi connectivity index (χ1) is 10.4.